The van der Waals surface area contributed by atoms with Crippen molar-refractivity contribution in [1.29, 1.82) is 0 Å². The maximum atomic E-state index is 12.6. The number of rotatable bonds is 10. The lowest BCUT2D eigenvalue weighted by molar-refractivity contribution is 0.0519. The summed E-state index contributed by atoms with van der Waals surface area (Å²) in [6.45, 7) is 2.30. The minimum atomic E-state index is -4.19. The monoisotopic (exact) mass is 495 g/mol. The molecule has 0 atom stereocenters. The lowest BCUT2D eigenvalue weighted by Gasteiger charge is -2.09. The van der Waals surface area contributed by atoms with Crippen LogP contribution in [0.3, 0.4) is 0 Å². The van der Waals surface area contributed by atoms with Gasteiger partial charge in [0, 0.05) is 18.3 Å². The fraction of sp³-hybridized carbons (Fsp3) is 0.200. The van der Waals surface area contributed by atoms with Gasteiger partial charge in [0.25, 0.3) is 21.8 Å². The van der Waals surface area contributed by atoms with Crippen LogP contribution < -0.4 is 10.0 Å². The molecule has 2 aromatic carbocycles. The molecule has 0 aliphatic rings. The lowest BCUT2D eigenvalue weighted by Crippen LogP contribution is -2.31. The first-order chi connectivity index (χ1) is 16.8. The zero-order chi connectivity index (χ0) is 25.3. The number of nitrogens with one attached hydrogen (secondary N) is 2. The van der Waals surface area contributed by atoms with E-state index in [-0.39, 0.29) is 28.7 Å². The Hall–Kier alpha value is -4.05. The Balaban J connectivity index is 1.54. The minimum absolute atomic E-state index is 0.000174. The van der Waals surface area contributed by atoms with Crippen LogP contribution in [0.15, 0.2) is 77.8 Å². The second-order valence-electron chi connectivity index (χ2n) is 7.46. The van der Waals surface area contributed by atoms with Crippen LogP contribution in [0.5, 0.6) is 0 Å². The van der Waals surface area contributed by atoms with Gasteiger partial charge in [-0.05, 0) is 61.7 Å². The van der Waals surface area contributed by atoms with Gasteiger partial charge in [-0.1, -0.05) is 30.3 Å². The topological polar surface area (TPSA) is 132 Å². The number of sulfonamides is 1. The molecule has 35 heavy (non-hydrogen) atoms. The average Bonchev–Trinajstić information content (AvgIpc) is 2.87. The van der Waals surface area contributed by atoms with Crippen LogP contribution in [0.2, 0.25) is 0 Å². The number of aryl methyl sites for hydroxylation is 1. The number of hydrogen-bond donors (Lipinski definition) is 2. The Labute approximate surface area is 203 Å². The molecule has 3 aromatic rings. The summed E-state index contributed by atoms with van der Waals surface area (Å²) in [6, 6.07) is 17.7. The molecule has 0 aliphatic carbocycles. The second-order valence-corrected chi connectivity index (χ2v) is 9.14. The third kappa shape index (κ3) is 7.21. The fourth-order valence-electron chi connectivity index (χ4n) is 3.12. The summed E-state index contributed by atoms with van der Waals surface area (Å²) in [6.07, 6.45) is 2.69. The molecule has 2 amide bonds. The Kier molecular flexibility index (Phi) is 8.69. The summed E-state index contributed by atoms with van der Waals surface area (Å²) in [5.41, 5.74) is 1.44. The lowest BCUT2D eigenvalue weighted by atomic mass is 10.1. The van der Waals surface area contributed by atoms with E-state index in [0.29, 0.717) is 12.1 Å². The zero-order valence-corrected chi connectivity index (χ0v) is 19.9. The van der Waals surface area contributed by atoms with Crippen LogP contribution >= 0.6 is 0 Å². The zero-order valence-electron chi connectivity index (χ0n) is 19.1. The van der Waals surface area contributed by atoms with Gasteiger partial charge in [0.1, 0.15) is 5.69 Å². The van der Waals surface area contributed by atoms with Crippen molar-refractivity contribution in [2.45, 2.75) is 24.7 Å². The molecule has 0 saturated carbocycles. The Morgan fingerprint density at radius 3 is 2.20 bits per heavy atom. The number of carbonyl (C=O) groups excluding carboxylic acids is 3. The second kappa shape index (κ2) is 11.9. The molecule has 10 heteroatoms. The van der Waals surface area contributed by atoms with Crippen molar-refractivity contribution in [1.82, 2.24) is 15.0 Å². The van der Waals surface area contributed by atoms with E-state index < -0.39 is 21.9 Å². The molecule has 9 nitrogen and oxygen atoms in total. The quantitative estimate of drug-likeness (QED) is 0.327. The SMILES string of the molecule is CCOC(=O)c1ccc(C(=O)NS(=O)(=O)c2ccc(C(=O)NCCCc3ccccc3)cc2)cn1. The van der Waals surface area contributed by atoms with E-state index in [0.717, 1.165) is 19.0 Å². The standard InChI is InChI=1S/C25H25N3O6S/c1-2-34-25(31)22-15-12-20(17-27-22)24(30)28-35(32,33)21-13-10-19(11-14-21)23(29)26-16-6-9-18-7-4-3-5-8-18/h3-5,7-8,10-15,17H,2,6,9,16H2,1H3,(H,26,29)(H,28,30). The molecule has 0 bridgehead atoms. The predicted molar refractivity (Wildman–Crippen MR) is 128 cm³/mol. The molecule has 2 N–H and O–H groups in total. The molecular weight excluding hydrogens is 470 g/mol. The molecule has 0 radical (unpaired) electrons. The fourth-order valence-corrected chi connectivity index (χ4v) is 4.09. The molecule has 0 fully saturated rings. The number of hydrogen-bond acceptors (Lipinski definition) is 7. The highest BCUT2D eigenvalue weighted by Gasteiger charge is 2.20. The van der Waals surface area contributed by atoms with E-state index in [2.05, 4.69) is 10.3 Å². The van der Waals surface area contributed by atoms with Gasteiger partial charge in [-0.25, -0.2) is 22.9 Å². The van der Waals surface area contributed by atoms with E-state index in [9.17, 15) is 22.8 Å². The predicted octanol–water partition coefficient (Wildman–Crippen LogP) is 2.74. The van der Waals surface area contributed by atoms with Gasteiger partial charge in [-0.2, -0.15) is 0 Å². The van der Waals surface area contributed by atoms with Crippen molar-refractivity contribution >= 4 is 27.8 Å². The molecule has 0 aliphatic heterocycles. The highest BCUT2D eigenvalue weighted by Crippen LogP contribution is 2.12. The van der Waals surface area contributed by atoms with E-state index in [1.54, 1.807) is 6.92 Å². The van der Waals surface area contributed by atoms with Crippen molar-refractivity contribution in [2.24, 2.45) is 0 Å². The highest BCUT2D eigenvalue weighted by molar-refractivity contribution is 7.90. The Morgan fingerprint density at radius 2 is 1.57 bits per heavy atom. The number of benzene rings is 2. The van der Waals surface area contributed by atoms with E-state index in [1.165, 1.54) is 42.0 Å². The number of esters is 1. The van der Waals surface area contributed by atoms with Crippen molar-refractivity contribution in [2.75, 3.05) is 13.2 Å². The average molecular weight is 496 g/mol. The summed E-state index contributed by atoms with van der Waals surface area (Å²) in [7, 11) is -4.19. The van der Waals surface area contributed by atoms with Crippen LogP contribution in [0, 0.1) is 0 Å². The van der Waals surface area contributed by atoms with Crippen molar-refractivity contribution in [3.8, 4) is 0 Å². The van der Waals surface area contributed by atoms with E-state index in [4.69, 9.17) is 4.74 Å². The molecule has 3 rings (SSSR count). The molecule has 1 aromatic heterocycles. The van der Waals surface area contributed by atoms with Gasteiger partial charge >= 0.3 is 5.97 Å². The summed E-state index contributed by atoms with van der Waals surface area (Å²) in [4.78, 5) is 40.0. The molecule has 0 spiro atoms. The smallest absolute Gasteiger partial charge is 0.356 e. The molecule has 1 heterocycles. The van der Waals surface area contributed by atoms with Crippen LogP contribution in [-0.2, 0) is 21.2 Å². The largest absolute Gasteiger partial charge is 0.461 e. The normalized spacial score (nSPS) is 10.9. The maximum absolute atomic E-state index is 12.6. The first kappa shape index (κ1) is 25.6. The summed E-state index contributed by atoms with van der Waals surface area (Å²) >= 11 is 0. The van der Waals surface area contributed by atoms with Crippen molar-refractivity contribution in [3.05, 3.63) is 95.3 Å². The van der Waals surface area contributed by atoms with Crippen LogP contribution in [0.25, 0.3) is 0 Å². The first-order valence-corrected chi connectivity index (χ1v) is 12.4. The molecule has 0 saturated heterocycles. The number of carbonyl (C=O) groups is 3. The van der Waals surface area contributed by atoms with Gasteiger partial charge in [-0.3, -0.25) is 9.59 Å². The Morgan fingerprint density at radius 1 is 0.886 bits per heavy atom. The van der Waals surface area contributed by atoms with Crippen LogP contribution in [0.4, 0.5) is 0 Å². The summed E-state index contributed by atoms with van der Waals surface area (Å²) < 4.78 is 31.9. The van der Waals surface area contributed by atoms with Crippen LogP contribution in [0.1, 0.15) is 50.1 Å². The Bertz CT molecular complexity index is 1280. The highest BCUT2D eigenvalue weighted by atomic mass is 32.2. The van der Waals surface area contributed by atoms with E-state index in [1.807, 2.05) is 35.1 Å². The maximum Gasteiger partial charge on any atom is 0.356 e. The van der Waals surface area contributed by atoms with Gasteiger partial charge in [0.15, 0.2) is 0 Å². The third-order valence-electron chi connectivity index (χ3n) is 4.93. The molecule has 0 unspecified atom stereocenters. The van der Waals surface area contributed by atoms with Gasteiger partial charge in [-0.15, -0.1) is 0 Å². The van der Waals surface area contributed by atoms with Crippen LogP contribution in [-0.4, -0.2) is 44.3 Å². The number of ether oxygens (including phenoxy) is 1. The molecule has 182 valence electrons. The number of nitrogens with zero attached hydrogens (tertiary/aromatic N) is 1. The van der Waals surface area contributed by atoms with Gasteiger partial charge in [0.05, 0.1) is 17.1 Å². The third-order valence-corrected chi connectivity index (χ3v) is 6.28. The van der Waals surface area contributed by atoms with E-state index >= 15 is 0 Å². The van der Waals surface area contributed by atoms with Gasteiger partial charge in [0.2, 0.25) is 0 Å². The van der Waals surface area contributed by atoms with Crippen molar-refractivity contribution in [3.63, 3.8) is 0 Å². The summed E-state index contributed by atoms with van der Waals surface area (Å²) in [5, 5.41) is 2.80. The number of pyridine rings is 1. The molecular formula is C25H25N3O6S. The number of amides is 2. The summed E-state index contributed by atoms with van der Waals surface area (Å²) in [5.74, 6) is -1.88. The van der Waals surface area contributed by atoms with Crippen molar-refractivity contribution < 1.29 is 27.5 Å². The minimum Gasteiger partial charge on any atom is -0.461 e. The number of aromatic nitrogens is 1. The first-order valence-electron chi connectivity index (χ1n) is 10.9. The van der Waals surface area contributed by atoms with Gasteiger partial charge < -0.3 is 10.1 Å².